The van der Waals surface area contributed by atoms with Gasteiger partial charge in [-0.1, -0.05) is 73.5 Å². The van der Waals surface area contributed by atoms with E-state index in [0.717, 1.165) is 23.0 Å². The molecule has 6 aromatic carbocycles. The first-order chi connectivity index (χ1) is 34.5. The minimum absolute atomic E-state index is 0. The maximum Gasteiger partial charge on any atom is 2.00 e. The summed E-state index contributed by atoms with van der Waals surface area (Å²) in [7, 11) is 15.0. The molecular weight excluding hydrogens is 1000 g/mol. The number of hydrogen-bond donors (Lipinski definition) is 0. The fourth-order valence-corrected chi connectivity index (χ4v) is 20.2. The van der Waals surface area contributed by atoms with Gasteiger partial charge >= 0.3 is 17.1 Å². The number of nitrogens with zero attached hydrogens (tertiary/aromatic N) is 2. The van der Waals surface area contributed by atoms with Gasteiger partial charge in [-0.25, -0.2) is 0 Å². The van der Waals surface area contributed by atoms with Crippen LogP contribution in [0.15, 0.2) is 109 Å². The van der Waals surface area contributed by atoms with E-state index in [1.54, 1.807) is 28.4 Å². The van der Waals surface area contributed by atoms with Crippen LogP contribution in [-0.2, 0) is 17.1 Å². The van der Waals surface area contributed by atoms with Crippen LogP contribution in [-0.4, -0.2) is 77.7 Å². The van der Waals surface area contributed by atoms with Gasteiger partial charge in [-0.05, 0) is 274 Å². The van der Waals surface area contributed by atoms with Crippen molar-refractivity contribution in [2.45, 2.75) is 117 Å². The van der Waals surface area contributed by atoms with Crippen LogP contribution in [0.25, 0.3) is 0 Å². The molecule has 75 heavy (non-hydrogen) atoms. The summed E-state index contributed by atoms with van der Waals surface area (Å²) in [6.45, 7) is 17.5. The van der Waals surface area contributed by atoms with Crippen LogP contribution in [0.3, 0.4) is 0 Å². The Bertz CT molecular complexity index is 2370. The summed E-state index contributed by atoms with van der Waals surface area (Å²) in [6, 6.07) is 42.2. The summed E-state index contributed by atoms with van der Waals surface area (Å²) < 4.78 is 23.0. The number of ether oxygens (including phenoxy) is 4. The van der Waals surface area contributed by atoms with Gasteiger partial charge in [-0.3, -0.25) is 0 Å². The third-order valence-corrected chi connectivity index (χ3v) is 21.5. The minimum atomic E-state index is -0.576. The van der Waals surface area contributed by atoms with Gasteiger partial charge in [0.15, 0.2) is 0 Å². The van der Waals surface area contributed by atoms with Crippen molar-refractivity contribution in [3.8, 4) is 23.0 Å². The maximum atomic E-state index is 5.74. The molecule has 0 heterocycles. The van der Waals surface area contributed by atoms with E-state index in [4.69, 9.17) is 18.9 Å². The van der Waals surface area contributed by atoms with E-state index >= 15 is 0 Å². The van der Waals surface area contributed by atoms with Gasteiger partial charge < -0.3 is 43.6 Å². The number of methoxy groups -OCH3 is 4. The SMILES string of the molecule is COc1c(C)cc(P(c2cc(C)c(OC)c(C)c2)C2CCCC2[C@@H](c2ccccc2)N(C)C)cc1C.COc1c(C)cc(P(c2cc(C)c(OC)c(C)c2)C2CCCC2[C@H](c2ccccc2)N(C)C)cc1C.[CH3-].[CH3-].[Fe+2]. The molecule has 0 aromatic heterocycles. The van der Waals surface area contributed by atoms with E-state index in [1.807, 2.05) is 0 Å². The number of hydrogen-bond acceptors (Lipinski definition) is 6. The fraction of sp³-hybridized carbons (Fsp3) is 0.424. The van der Waals surface area contributed by atoms with Crippen molar-refractivity contribution in [1.29, 1.82) is 0 Å². The third-order valence-electron chi connectivity index (χ3n) is 15.6. The Kier molecular flexibility index (Phi) is 24.0. The molecular formula is C66H90FeN2O4P2. The van der Waals surface area contributed by atoms with E-state index in [-0.39, 0.29) is 31.9 Å². The molecule has 0 spiro atoms. The molecule has 2 aliphatic carbocycles. The molecule has 0 radical (unpaired) electrons. The predicted molar refractivity (Wildman–Crippen MR) is 323 cm³/mol. The van der Waals surface area contributed by atoms with Crippen LogP contribution in [0.5, 0.6) is 23.0 Å². The largest absolute Gasteiger partial charge is 2.00 e. The van der Waals surface area contributed by atoms with Crippen LogP contribution in [0.4, 0.5) is 0 Å². The summed E-state index contributed by atoms with van der Waals surface area (Å²) in [4.78, 5) is 4.89. The third kappa shape index (κ3) is 13.9. The van der Waals surface area contributed by atoms with Gasteiger partial charge in [-0.2, -0.15) is 0 Å². The Morgan fingerprint density at radius 1 is 0.387 bits per heavy atom. The molecule has 0 aliphatic heterocycles. The van der Waals surface area contributed by atoms with Gasteiger partial charge in [0.2, 0.25) is 0 Å². The molecule has 0 N–H and O–H groups in total. The van der Waals surface area contributed by atoms with E-state index < -0.39 is 15.8 Å². The standard InChI is InChI=1S/2C32H42NO2P.2CH3.Fe/c2*1-21-17-26(18-22(2)31(21)34-7)36(27-19-23(3)32(35-8)24(4)20-27)29-16-12-15-28(29)30(33(5)6)25-13-10-9-11-14-25;;;/h2*9-11,13-14,17-20,28-30H,12,15-16H2,1-8H3;2*1H3;/q;;2*-1;+2/t2*28?,29?,30-;;;/m10.../s1. The minimum Gasteiger partial charge on any atom is -0.496 e. The molecule has 8 rings (SSSR count). The second-order valence-corrected chi connectivity index (χ2v) is 26.0. The van der Waals surface area contributed by atoms with Crippen molar-refractivity contribution in [2.75, 3.05) is 56.6 Å². The number of aryl methyl sites for hydroxylation is 8. The quantitative estimate of drug-likeness (QED) is 0.0547. The van der Waals surface area contributed by atoms with Crippen LogP contribution in [0.2, 0.25) is 0 Å². The first-order valence-corrected chi connectivity index (χ1v) is 29.0. The Morgan fingerprint density at radius 3 is 0.813 bits per heavy atom. The molecule has 4 unspecified atom stereocenters. The van der Waals surface area contributed by atoms with Crippen LogP contribution < -0.4 is 40.2 Å². The summed E-state index contributed by atoms with van der Waals surface area (Å²) in [5, 5.41) is 5.86. The zero-order chi connectivity index (χ0) is 52.0. The molecule has 6 atom stereocenters. The van der Waals surface area contributed by atoms with Crippen molar-refractivity contribution in [1.82, 2.24) is 9.80 Å². The van der Waals surface area contributed by atoms with E-state index in [9.17, 15) is 0 Å². The summed E-state index contributed by atoms with van der Waals surface area (Å²) in [5.74, 6) is 5.23. The molecule has 0 bridgehead atoms. The smallest absolute Gasteiger partial charge is 0.496 e. The summed E-state index contributed by atoms with van der Waals surface area (Å²) in [5.41, 5.74) is 13.9. The van der Waals surface area contributed by atoms with Crippen molar-refractivity contribution in [2.24, 2.45) is 11.8 Å². The van der Waals surface area contributed by atoms with Crippen molar-refractivity contribution >= 4 is 37.1 Å². The molecule has 6 nitrogen and oxygen atoms in total. The van der Waals surface area contributed by atoms with Gasteiger partial charge in [0.25, 0.3) is 0 Å². The molecule has 0 saturated heterocycles. The zero-order valence-corrected chi connectivity index (χ0v) is 51.8. The molecule has 0 amide bonds. The van der Waals surface area contributed by atoms with Crippen molar-refractivity contribution < 1.29 is 36.0 Å². The number of rotatable bonds is 16. The average Bonchev–Trinajstić information content (AvgIpc) is 4.00. The van der Waals surface area contributed by atoms with E-state index in [1.165, 1.54) is 115 Å². The normalized spacial score (nSPS) is 17.9. The maximum absolute atomic E-state index is 5.74. The van der Waals surface area contributed by atoms with Gasteiger partial charge in [-0.15, -0.1) is 0 Å². The summed E-state index contributed by atoms with van der Waals surface area (Å²) in [6.07, 6.45) is 7.64. The van der Waals surface area contributed by atoms with Gasteiger partial charge in [0.05, 0.1) is 28.4 Å². The van der Waals surface area contributed by atoms with Gasteiger partial charge in [0.1, 0.15) is 23.0 Å². The van der Waals surface area contributed by atoms with Crippen molar-refractivity contribution in [3.63, 3.8) is 0 Å². The first-order valence-electron chi connectivity index (χ1n) is 26.1. The van der Waals surface area contributed by atoms with Crippen LogP contribution >= 0.6 is 15.8 Å². The topological polar surface area (TPSA) is 43.4 Å². The molecule has 406 valence electrons. The molecule has 6 aromatic rings. The van der Waals surface area contributed by atoms with Crippen molar-refractivity contribution in [3.05, 3.63) is 180 Å². The van der Waals surface area contributed by atoms with Crippen LogP contribution in [0, 0.1) is 82.1 Å². The average molecular weight is 1090 g/mol. The second-order valence-electron chi connectivity index (χ2n) is 21.2. The predicted octanol–water partition coefficient (Wildman–Crippen LogP) is 14.6. The number of benzene rings is 6. The molecule has 2 aliphatic rings. The Morgan fingerprint density at radius 2 is 0.613 bits per heavy atom. The fourth-order valence-electron chi connectivity index (χ4n) is 13.1. The van der Waals surface area contributed by atoms with Gasteiger partial charge in [0, 0.05) is 12.1 Å². The summed E-state index contributed by atoms with van der Waals surface area (Å²) >= 11 is 0. The Balaban J connectivity index is 0.000000312. The van der Waals surface area contributed by atoms with Crippen LogP contribution in [0.1, 0.15) is 106 Å². The van der Waals surface area contributed by atoms with E-state index in [2.05, 4.69) is 203 Å². The first kappa shape index (κ1) is 63.4. The molecule has 2 saturated carbocycles. The Labute approximate surface area is 468 Å². The monoisotopic (exact) mass is 1090 g/mol. The Hall–Kier alpha value is -4.18. The molecule has 9 heteroatoms. The molecule has 2 fully saturated rings. The zero-order valence-electron chi connectivity index (χ0n) is 48.9. The van der Waals surface area contributed by atoms with E-state index in [0.29, 0.717) is 35.2 Å². The second kappa shape index (κ2) is 28.4.